The Morgan fingerprint density at radius 2 is 1.95 bits per heavy atom. The molecule has 2 heterocycles. The molecule has 0 spiro atoms. The van der Waals surface area contributed by atoms with Gasteiger partial charge in [0.05, 0.1) is 6.54 Å². The summed E-state index contributed by atoms with van der Waals surface area (Å²) in [7, 11) is 0. The van der Waals surface area contributed by atoms with Crippen LogP contribution in [-0.2, 0) is 11.3 Å². The average Bonchev–Trinajstić information content (AvgIpc) is 3.09. The van der Waals surface area contributed by atoms with E-state index < -0.39 is 0 Å². The fraction of sp³-hybridized carbons (Fsp3) is 0.588. The molecular formula is C17H26N4O. The lowest BCUT2D eigenvalue weighted by Gasteiger charge is -2.37. The Bertz CT molecular complexity index is 465. The molecule has 1 aromatic carbocycles. The van der Waals surface area contributed by atoms with E-state index in [2.05, 4.69) is 20.4 Å². The SMILES string of the molecule is O=C(CN1CCN(C2CCNC2)CC1)NCc1ccccc1. The number of nitrogens with zero attached hydrogens (tertiary/aromatic N) is 2. The molecule has 1 amide bonds. The molecule has 0 aromatic heterocycles. The molecule has 0 saturated carbocycles. The minimum absolute atomic E-state index is 0.125. The van der Waals surface area contributed by atoms with Gasteiger partial charge in [-0.2, -0.15) is 0 Å². The van der Waals surface area contributed by atoms with E-state index in [0.29, 0.717) is 19.1 Å². The summed E-state index contributed by atoms with van der Waals surface area (Å²) in [4.78, 5) is 16.9. The quantitative estimate of drug-likeness (QED) is 0.820. The highest BCUT2D eigenvalue weighted by Gasteiger charge is 2.26. The number of nitrogens with one attached hydrogen (secondary N) is 2. The number of piperazine rings is 1. The third-order valence-electron chi connectivity index (χ3n) is 4.66. The topological polar surface area (TPSA) is 47.6 Å². The second-order valence-corrected chi connectivity index (χ2v) is 6.22. The van der Waals surface area contributed by atoms with Crippen molar-refractivity contribution in [3.05, 3.63) is 35.9 Å². The first-order valence-electron chi connectivity index (χ1n) is 8.29. The van der Waals surface area contributed by atoms with Gasteiger partial charge in [0, 0.05) is 45.3 Å². The van der Waals surface area contributed by atoms with Crippen LogP contribution in [0, 0.1) is 0 Å². The van der Waals surface area contributed by atoms with Crippen molar-refractivity contribution < 1.29 is 4.79 Å². The van der Waals surface area contributed by atoms with E-state index >= 15 is 0 Å². The monoisotopic (exact) mass is 302 g/mol. The van der Waals surface area contributed by atoms with Gasteiger partial charge in [-0.1, -0.05) is 30.3 Å². The lowest BCUT2D eigenvalue weighted by atomic mass is 10.2. The highest BCUT2D eigenvalue weighted by Crippen LogP contribution is 2.11. The van der Waals surface area contributed by atoms with E-state index in [1.807, 2.05) is 30.3 Å². The molecule has 3 rings (SSSR count). The highest BCUT2D eigenvalue weighted by molar-refractivity contribution is 5.78. The van der Waals surface area contributed by atoms with E-state index in [1.165, 1.54) is 6.42 Å². The van der Waals surface area contributed by atoms with Crippen molar-refractivity contribution in [2.75, 3.05) is 45.8 Å². The molecular weight excluding hydrogens is 276 g/mol. The Kier molecular flexibility index (Phi) is 5.43. The molecule has 0 bridgehead atoms. The largest absolute Gasteiger partial charge is 0.351 e. The summed E-state index contributed by atoms with van der Waals surface area (Å²) < 4.78 is 0. The van der Waals surface area contributed by atoms with Crippen LogP contribution in [-0.4, -0.2) is 67.6 Å². The summed E-state index contributed by atoms with van der Waals surface area (Å²) in [6.45, 7) is 7.56. The molecule has 5 nitrogen and oxygen atoms in total. The Morgan fingerprint density at radius 1 is 1.18 bits per heavy atom. The lowest BCUT2D eigenvalue weighted by Crippen LogP contribution is -2.52. The molecule has 5 heteroatoms. The fourth-order valence-corrected chi connectivity index (χ4v) is 3.29. The van der Waals surface area contributed by atoms with E-state index in [4.69, 9.17) is 0 Å². The first-order chi connectivity index (χ1) is 10.8. The van der Waals surface area contributed by atoms with E-state index in [1.54, 1.807) is 0 Å². The van der Waals surface area contributed by atoms with Gasteiger partial charge in [-0.3, -0.25) is 14.6 Å². The van der Waals surface area contributed by atoms with Crippen molar-refractivity contribution >= 4 is 5.91 Å². The highest BCUT2D eigenvalue weighted by atomic mass is 16.2. The molecule has 22 heavy (non-hydrogen) atoms. The number of carbonyl (C=O) groups excluding carboxylic acids is 1. The molecule has 0 radical (unpaired) electrons. The second kappa shape index (κ2) is 7.72. The molecule has 2 saturated heterocycles. The normalized spacial score (nSPS) is 23.5. The van der Waals surface area contributed by atoms with Crippen molar-refractivity contribution in [1.29, 1.82) is 0 Å². The van der Waals surface area contributed by atoms with Crippen LogP contribution in [0.3, 0.4) is 0 Å². The molecule has 1 atom stereocenters. The predicted molar refractivity (Wildman–Crippen MR) is 87.6 cm³/mol. The Labute approximate surface area is 132 Å². The number of amides is 1. The maximum Gasteiger partial charge on any atom is 0.234 e. The zero-order chi connectivity index (χ0) is 15.2. The van der Waals surface area contributed by atoms with Crippen molar-refractivity contribution in [3.8, 4) is 0 Å². The van der Waals surface area contributed by atoms with Crippen LogP contribution in [0.1, 0.15) is 12.0 Å². The molecule has 2 aliphatic rings. The van der Waals surface area contributed by atoms with Crippen LogP contribution in [0.4, 0.5) is 0 Å². The minimum Gasteiger partial charge on any atom is -0.351 e. The van der Waals surface area contributed by atoms with Crippen molar-refractivity contribution in [1.82, 2.24) is 20.4 Å². The van der Waals surface area contributed by atoms with E-state index in [-0.39, 0.29) is 5.91 Å². The van der Waals surface area contributed by atoms with Gasteiger partial charge in [0.15, 0.2) is 0 Å². The van der Waals surface area contributed by atoms with Gasteiger partial charge in [-0.15, -0.1) is 0 Å². The minimum atomic E-state index is 0.125. The van der Waals surface area contributed by atoms with Gasteiger partial charge in [0.25, 0.3) is 0 Å². The summed E-state index contributed by atoms with van der Waals surface area (Å²) >= 11 is 0. The van der Waals surface area contributed by atoms with Crippen LogP contribution in [0.2, 0.25) is 0 Å². The molecule has 2 aliphatic heterocycles. The van der Waals surface area contributed by atoms with E-state index in [0.717, 1.165) is 44.8 Å². The van der Waals surface area contributed by atoms with Gasteiger partial charge < -0.3 is 10.6 Å². The van der Waals surface area contributed by atoms with Crippen LogP contribution in [0.5, 0.6) is 0 Å². The summed E-state index contributed by atoms with van der Waals surface area (Å²) in [5, 5.41) is 6.43. The van der Waals surface area contributed by atoms with Gasteiger partial charge in [-0.05, 0) is 18.5 Å². The van der Waals surface area contributed by atoms with Crippen LogP contribution < -0.4 is 10.6 Å². The first kappa shape index (κ1) is 15.5. The number of rotatable bonds is 5. The lowest BCUT2D eigenvalue weighted by molar-refractivity contribution is -0.122. The molecule has 2 fully saturated rings. The number of hydrogen-bond donors (Lipinski definition) is 2. The number of hydrogen-bond acceptors (Lipinski definition) is 4. The second-order valence-electron chi connectivity index (χ2n) is 6.22. The molecule has 120 valence electrons. The van der Waals surface area contributed by atoms with Gasteiger partial charge in [0.2, 0.25) is 5.91 Å². The Morgan fingerprint density at radius 3 is 2.64 bits per heavy atom. The zero-order valence-electron chi connectivity index (χ0n) is 13.1. The number of benzene rings is 1. The summed E-state index contributed by atoms with van der Waals surface area (Å²) in [5.41, 5.74) is 1.15. The van der Waals surface area contributed by atoms with E-state index in [9.17, 15) is 4.79 Å². The van der Waals surface area contributed by atoms with Gasteiger partial charge in [0.1, 0.15) is 0 Å². The Balaban J connectivity index is 1.36. The third kappa shape index (κ3) is 4.29. The van der Waals surface area contributed by atoms with Gasteiger partial charge >= 0.3 is 0 Å². The van der Waals surface area contributed by atoms with Crippen LogP contribution in [0.15, 0.2) is 30.3 Å². The summed E-state index contributed by atoms with van der Waals surface area (Å²) in [5.74, 6) is 0.125. The zero-order valence-corrected chi connectivity index (χ0v) is 13.1. The summed E-state index contributed by atoms with van der Waals surface area (Å²) in [6.07, 6.45) is 1.26. The first-order valence-corrected chi connectivity index (χ1v) is 8.29. The fourth-order valence-electron chi connectivity index (χ4n) is 3.29. The summed E-state index contributed by atoms with van der Waals surface area (Å²) in [6, 6.07) is 10.8. The smallest absolute Gasteiger partial charge is 0.234 e. The van der Waals surface area contributed by atoms with Gasteiger partial charge in [-0.25, -0.2) is 0 Å². The standard InChI is InChI=1S/C17H26N4O/c22-17(19-12-15-4-2-1-3-5-15)14-20-8-10-21(11-9-20)16-6-7-18-13-16/h1-5,16,18H,6-14H2,(H,19,22). The molecule has 1 aromatic rings. The molecule has 1 unspecified atom stereocenters. The Hall–Kier alpha value is -1.43. The van der Waals surface area contributed by atoms with Crippen molar-refractivity contribution in [2.45, 2.75) is 19.0 Å². The van der Waals surface area contributed by atoms with Crippen LogP contribution >= 0.6 is 0 Å². The molecule has 0 aliphatic carbocycles. The van der Waals surface area contributed by atoms with Crippen LogP contribution in [0.25, 0.3) is 0 Å². The van der Waals surface area contributed by atoms with Crippen molar-refractivity contribution in [3.63, 3.8) is 0 Å². The van der Waals surface area contributed by atoms with Crippen molar-refractivity contribution in [2.24, 2.45) is 0 Å². The third-order valence-corrected chi connectivity index (χ3v) is 4.66. The number of carbonyl (C=O) groups is 1. The average molecular weight is 302 g/mol. The maximum absolute atomic E-state index is 12.0. The predicted octanol–water partition coefficient (Wildman–Crippen LogP) is 0.282. The maximum atomic E-state index is 12.0. The molecule has 2 N–H and O–H groups in total.